The van der Waals surface area contributed by atoms with Gasteiger partial charge in [-0.15, -0.1) is 11.3 Å². The van der Waals surface area contributed by atoms with Crippen molar-refractivity contribution in [2.75, 3.05) is 13.1 Å². The Morgan fingerprint density at radius 2 is 2.00 bits per heavy atom. The van der Waals surface area contributed by atoms with Gasteiger partial charge in [-0.25, -0.2) is 0 Å². The number of nitrogens with zero attached hydrogens (tertiary/aromatic N) is 1. The number of likely N-dealkylation sites (tertiary alicyclic amines) is 1. The smallest absolute Gasteiger partial charge is 0.227 e. The molecule has 0 radical (unpaired) electrons. The van der Waals surface area contributed by atoms with E-state index in [0.717, 1.165) is 32.4 Å². The van der Waals surface area contributed by atoms with Crippen molar-refractivity contribution in [1.82, 2.24) is 9.88 Å². The molecule has 0 aliphatic carbocycles. The van der Waals surface area contributed by atoms with Crippen molar-refractivity contribution in [3.63, 3.8) is 0 Å². The fraction of sp³-hybridized carbons (Fsp3) is 0.350. The molecule has 1 amide bonds. The highest BCUT2D eigenvalue weighted by Crippen LogP contribution is 2.26. The first kappa shape index (κ1) is 15.5. The number of aromatic nitrogens is 1. The number of hydrogen-bond acceptors (Lipinski definition) is 2. The van der Waals surface area contributed by atoms with E-state index in [1.807, 2.05) is 22.4 Å². The zero-order valence-corrected chi connectivity index (χ0v) is 14.5. The second kappa shape index (κ2) is 6.81. The van der Waals surface area contributed by atoms with Crippen molar-refractivity contribution in [2.24, 2.45) is 5.92 Å². The van der Waals surface area contributed by atoms with Crippen LogP contribution in [0.1, 0.15) is 23.3 Å². The van der Waals surface area contributed by atoms with Crippen LogP contribution in [0, 0.1) is 5.92 Å². The van der Waals surface area contributed by atoms with Gasteiger partial charge >= 0.3 is 0 Å². The number of aromatic amines is 1. The molecule has 0 bridgehead atoms. The van der Waals surface area contributed by atoms with Crippen LogP contribution in [0.2, 0.25) is 0 Å². The van der Waals surface area contributed by atoms with Gasteiger partial charge in [0.2, 0.25) is 5.91 Å². The zero-order valence-electron chi connectivity index (χ0n) is 13.7. The molecule has 3 heterocycles. The number of carbonyl (C=O) groups excluding carboxylic acids is 1. The minimum Gasteiger partial charge on any atom is -0.361 e. The van der Waals surface area contributed by atoms with Gasteiger partial charge in [-0.3, -0.25) is 4.79 Å². The third-order valence-corrected chi connectivity index (χ3v) is 5.93. The van der Waals surface area contributed by atoms with Crippen LogP contribution in [-0.4, -0.2) is 28.9 Å². The topological polar surface area (TPSA) is 36.1 Å². The number of benzene rings is 1. The second-order valence-corrected chi connectivity index (χ2v) is 7.68. The van der Waals surface area contributed by atoms with Crippen LogP contribution in [0.25, 0.3) is 10.9 Å². The van der Waals surface area contributed by atoms with E-state index in [1.165, 1.54) is 21.3 Å². The molecule has 1 saturated heterocycles. The average molecular weight is 338 g/mol. The summed E-state index contributed by atoms with van der Waals surface area (Å²) in [7, 11) is 0. The summed E-state index contributed by atoms with van der Waals surface area (Å²) in [6.45, 7) is 1.80. The molecule has 2 aromatic heterocycles. The number of hydrogen-bond donors (Lipinski definition) is 1. The molecular formula is C20H22N2OS. The van der Waals surface area contributed by atoms with Crippen molar-refractivity contribution < 1.29 is 4.79 Å². The second-order valence-electron chi connectivity index (χ2n) is 6.64. The Labute approximate surface area is 146 Å². The third kappa shape index (κ3) is 3.24. The summed E-state index contributed by atoms with van der Waals surface area (Å²) >= 11 is 1.67. The molecule has 0 unspecified atom stereocenters. The van der Waals surface area contributed by atoms with E-state index in [4.69, 9.17) is 0 Å². The lowest BCUT2D eigenvalue weighted by atomic mass is 9.90. The molecule has 1 aliphatic heterocycles. The maximum atomic E-state index is 12.4. The number of H-pyrrole nitrogens is 1. The Kier molecular flexibility index (Phi) is 4.39. The number of para-hydroxylation sites is 1. The average Bonchev–Trinajstić information content (AvgIpc) is 3.26. The van der Waals surface area contributed by atoms with E-state index in [2.05, 4.69) is 35.4 Å². The number of amides is 1. The maximum absolute atomic E-state index is 12.4. The van der Waals surface area contributed by atoms with Crippen molar-refractivity contribution >= 4 is 28.1 Å². The molecule has 3 nitrogen and oxygen atoms in total. The first-order chi connectivity index (χ1) is 11.8. The van der Waals surface area contributed by atoms with Crippen molar-refractivity contribution in [2.45, 2.75) is 25.7 Å². The van der Waals surface area contributed by atoms with E-state index >= 15 is 0 Å². The predicted molar refractivity (Wildman–Crippen MR) is 99.3 cm³/mol. The highest BCUT2D eigenvalue weighted by Gasteiger charge is 2.23. The van der Waals surface area contributed by atoms with Gasteiger partial charge in [-0.2, -0.15) is 0 Å². The molecule has 0 saturated carbocycles. The summed E-state index contributed by atoms with van der Waals surface area (Å²) in [5, 5.41) is 3.38. The van der Waals surface area contributed by atoms with Crippen LogP contribution in [0.5, 0.6) is 0 Å². The number of fused-ring (bicyclic) bond motifs is 1. The van der Waals surface area contributed by atoms with E-state index in [1.54, 1.807) is 11.3 Å². The van der Waals surface area contributed by atoms with Crippen LogP contribution in [0.4, 0.5) is 0 Å². The summed E-state index contributed by atoms with van der Waals surface area (Å²) in [4.78, 5) is 19.0. The Morgan fingerprint density at radius 3 is 2.79 bits per heavy atom. The third-order valence-electron chi connectivity index (χ3n) is 5.06. The zero-order chi connectivity index (χ0) is 16.4. The van der Waals surface area contributed by atoms with Crippen LogP contribution in [0.15, 0.2) is 48.0 Å². The van der Waals surface area contributed by atoms with Crippen LogP contribution < -0.4 is 0 Å². The first-order valence-corrected chi connectivity index (χ1v) is 9.53. The molecule has 0 atom stereocenters. The standard InChI is InChI=1S/C20H22N2OS/c23-20(13-17-4-3-11-24-17)22-9-7-15(8-10-22)12-16-14-21-19-6-2-1-5-18(16)19/h1-6,11,14-15,21H,7-10,12-13H2. The maximum Gasteiger partial charge on any atom is 0.227 e. The molecule has 1 fully saturated rings. The largest absolute Gasteiger partial charge is 0.361 e. The van der Waals surface area contributed by atoms with Gasteiger partial charge in [0.05, 0.1) is 6.42 Å². The SMILES string of the molecule is O=C(Cc1cccs1)N1CCC(Cc2c[nH]c3ccccc23)CC1. The number of thiophene rings is 1. The summed E-state index contributed by atoms with van der Waals surface area (Å²) < 4.78 is 0. The Bertz CT molecular complexity index is 813. The monoisotopic (exact) mass is 338 g/mol. The Morgan fingerprint density at radius 1 is 1.17 bits per heavy atom. The van der Waals surface area contributed by atoms with E-state index in [0.29, 0.717) is 12.3 Å². The van der Waals surface area contributed by atoms with Crippen molar-refractivity contribution in [1.29, 1.82) is 0 Å². The lowest BCUT2D eigenvalue weighted by Gasteiger charge is -2.32. The van der Waals surface area contributed by atoms with Gasteiger partial charge in [0.1, 0.15) is 0 Å². The van der Waals surface area contributed by atoms with Gasteiger partial charge < -0.3 is 9.88 Å². The summed E-state index contributed by atoms with van der Waals surface area (Å²) in [6.07, 6.45) is 6.03. The molecule has 4 heteroatoms. The van der Waals surface area contributed by atoms with E-state index in [-0.39, 0.29) is 5.91 Å². The van der Waals surface area contributed by atoms with Gasteiger partial charge in [-0.05, 0) is 48.3 Å². The number of carbonyl (C=O) groups is 1. The summed E-state index contributed by atoms with van der Waals surface area (Å²) in [5.74, 6) is 0.956. The molecule has 4 rings (SSSR count). The first-order valence-electron chi connectivity index (χ1n) is 8.65. The highest BCUT2D eigenvalue weighted by atomic mass is 32.1. The predicted octanol–water partition coefficient (Wildman–Crippen LogP) is 4.25. The number of rotatable bonds is 4. The lowest BCUT2D eigenvalue weighted by Crippen LogP contribution is -2.39. The fourth-order valence-corrected chi connectivity index (χ4v) is 4.37. The summed E-state index contributed by atoms with van der Waals surface area (Å²) in [6, 6.07) is 12.6. The number of nitrogens with one attached hydrogen (secondary N) is 1. The van der Waals surface area contributed by atoms with Gasteiger partial charge in [-0.1, -0.05) is 24.3 Å². The van der Waals surface area contributed by atoms with E-state index < -0.39 is 0 Å². The molecule has 1 aromatic carbocycles. The van der Waals surface area contributed by atoms with E-state index in [9.17, 15) is 4.79 Å². The fourth-order valence-electron chi connectivity index (χ4n) is 3.67. The number of piperidine rings is 1. The van der Waals surface area contributed by atoms with Gasteiger partial charge in [0, 0.05) is 35.1 Å². The van der Waals surface area contributed by atoms with Crippen LogP contribution in [0.3, 0.4) is 0 Å². The van der Waals surface area contributed by atoms with Crippen molar-refractivity contribution in [3.8, 4) is 0 Å². The Balaban J connectivity index is 1.33. The molecular weight excluding hydrogens is 316 g/mol. The lowest BCUT2D eigenvalue weighted by molar-refractivity contribution is -0.131. The minimum absolute atomic E-state index is 0.281. The molecule has 24 heavy (non-hydrogen) atoms. The van der Waals surface area contributed by atoms with Crippen molar-refractivity contribution in [3.05, 3.63) is 58.4 Å². The van der Waals surface area contributed by atoms with Gasteiger partial charge in [0.25, 0.3) is 0 Å². The molecule has 1 N–H and O–H groups in total. The minimum atomic E-state index is 0.281. The molecule has 3 aromatic rings. The summed E-state index contributed by atoms with van der Waals surface area (Å²) in [5.41, 5.74) is 2.63. The molecule has 124 valence electrons. The highest BCUT2D eigenvalue weighted by molar-refractivity contribution is 7.10. The normalized spacial score (nSPS) is 15.9. The van der Waals surface area contributed by atoms with Crippen LogP contribution in [-0.2, 0) is 17.6 Å². The molecule has 0 spiro atoms. The quantitative estimate of drug-likeness (QED) is 0.758. The van der Waals surface area contributed by atoms with Gasteiger partial charge in [0.15, 0.2) is 0 Å². The Hall–Kier alpha value is -2.07. The van der Waals surface area contributed by atoms with Crippen LogP contribution >= 0.6 is 11.3 Å². The molecule has 1 aliphatic rings.